The van der Waals surface area contributed by atoms with Crippen LogP contribution in [-0.4, -0.2) is 24.2 Å². The number of carbonyl (C=O) groups is 2. The molecule has 2 amide bonds. The van der Waals surface area contributed by atoms with Crippen molar-refractivity contribution in [2.75, 3.05) is 7.11 Å². The minimum absolute atomic E-state index is 0.210. The molecule has 6 heteroatoms. The Morgan fingerprint density at radius 1 is 1.31 bits per heavy atom. The Balaban J connectivity index is 2.60. The number of nitrogens with one attached hydrogen (secondary N) is 2. The molecule has 0 heterocycles. The van der Waals surface area contributed by atoms with E-state index < -0.39 is 6.09 Å². The van der Waals surface area contributed by atoms with Gasteiger partial charge in [0.15, 0.2) is 0 Å². The lowest BCUT2D eigenvalue weighted by molar-refractivity contribution is 0.0537. The minimum Gasteiger partial charge on any atom is -0.465 e. The van der Waals surface area contributed by atoms with Gasteiger partial charge in [0, 0.05) is 12.1 Å². The van der Waals surface area contributed by atoms with E-state index >= 15 is 0 Å². The van der Waals surface area contributed by atoms with Crippen molar-refractivity contribution in [2.24, 2.45) is 0 Å². The van der Waals surface area contributed by atoms with Gasteiger partial charge in [0.2, 0.25) is 0 Å². The van der Waals surface area contributed by atoms with Crippen molar-refractivity contribution in [2.45, 2.75) is 6.54 Å². The van der Waals surface area contributed by atoms with Crippen molar-refractivity contribution in [1.82, 2.24) is 10.8 Å². The number of carbonyl (C=O) groups excluding carboxylic acids is 1. The number of rotatable bonds is 4. The average molecular weight is 224 g/mol. The molecule has 0 aliphatic carbocycles. The fourth-order valence-electron chi connectivity index (χ4n) is 1.10. The van der Waals surface area contributed by atoms with Crippen LogP contribution in [0.3, 0.4) is 0 Å². The van der Waals surface area contributed by atoms with Gasteiger partial charge in [0.1, 0.15) is 0 Å². The van der Waals surface area contributed by atoms with E-state index in [9.17, 15) is 9.59 Å². The van der Waals surface area contributed by atoms with Crippen LogP contribution in [0.5, 0.6) is 0 Å². The summed E-state index contributed by atoms with van der Waals surface area (Å²) in [5.74, 6) is -0.347. The highest BCUT2D eigenvalue weighted by molar-refractivity contribution is 5.93. The van der Waals surface area contributed by atoms with Crippen LogP contribution in [0.15, 0.2) is 24.3 Å². The molecule has 3 N–H and O–H groups in total. The second-order valence-electron chi connectivity index (χ2n) is 2.99. The summed E-state index contributed by atoms with van der Waals surface area (Å²) in [5.41, 5.74) is 3.40. The van der Waals surface area contributed by atoms with Gasteiger partial charge in [-0.3, -0.25) is 9.63 Å². The van der Waals surface area contributed by atoms with E-state index in [4.69, 9.17) is 5.11 Å². The van der Waals surface area contributed by atoms with Crippen LogP contribution in [0.2, 0.25) is 0 Å². The normalized spacial score (nSPS) is 9.56. The maximum absolute atomic E-state index is 11.3. The summed E-state index contributed by atoms with van der Waals surface area (Å²) in [6.07, 6.45) is -1.08. The second kappa shape index (κ2) is 5.72. The van der Waals surface area contributed by atoms with Crippen molar-refractivity contribution >= 4 is 12.0 Å². The lowest BCUT2D eigenvalue weighted by atomic mass is 10.1. The third-order valence-electron chi connectivity index (χ3n) is 1.85. The van der Waals surface area contributed by atoms with Crippen molar-refractivity contribution in [3.8, 4) is 0 Å². The lowest BCUT2D eigenvalue weighted by Crippen LogP contribution is -2.22. The third-order valence-corrected chi connectivity index (χ3v) is 1.85. The molecular formula is C10H12N2O4. The van der Waals surface area contributed by atoms with Gasteiger partial charge in [-0.2, -0.15) is 0 Å². The van der Waals surface area contributed by atoms with E-state index in [1.807, 2.05) is 0 Å². The van der Waals surface area contributed by atoms with E-state index in [-0.39, 0.29) is 12.5 Å². The zero-order valence-corrected chi connectivity index (χ0v) is 8.69. The summed E-state index contributed by atoms with van der Waals surface area (Å²) >= 11 is 0. The van der Waals surface area contributed by atoms with Gasteiger partial charge < -0.3 is 10.4 Å². The van der Waals surface area contributed by atoms with E-state index in [0.29, 0.717) is 5.56 Å². The largest absolute Gasteiger partial charge is 0.465 e. The summed E-state index contributed by atoms with van der Waals surface area (Å²) in [4.78, 5) is 26.0. The minimum atomic E-state index is -1.08. The molecule has 1 rings (SSSR count). The van der Waals surface area contributed by atoms with Gasteiger partial charge >= 0.3 is 6.09 Å². The molecule has 0 saturated heterocycles. The van der Waals surface area contributed by atoms with Crippen LogP contribution in [0.25, 0.3) is 0 Å². The number of hydroxylamine groups is 1. The van der Waals surface area contributed by atoms with Gasteiger partial charge in [0.05, 0.1) is 7.11 Å². The number of hydrogen-bond acceptors (Lipinski definition) is 3. The topological polar surface area (TPSA) is 87.7 Å². The highest BCUT2D eigenvalue weighted by Gasteiger charge is 2.04. The molecule has 0 aromatic heterocycles. The predicted octanol–water partition coefficient (Wildman–Crippen LogP) is 0.745. The van der Waals surface area contributed by atoms with Gasteiger partial charge in [-0.05, 0) is 17.7 Å². The van der Waals surface area contributed by atoms with Crippen molar-refractivity contribution in [1.29, 1.82) is 0 Å². The maximum Gasteiger partial charge on any atom is 0.404 e. The van der Waals surface area contributed by atoms with Crippen LogP contribution >= 0.6 is 0 Å². The van der Waals surface area contributed by atoms with E-state index in [1.165, 1.54) is 7.11 Å². The number of carboxylic acid groups (broad SMARTS) is 1. The number of benzene rings is 1. The highest BCUT2D eigenvalue weighted by Crippen LogP contribution is 2.04. The molecule has 0 radical (unpaired) electrons. The number of hydrogen-bond donors (Lipinski definition) is 3. The highest BCUT2D eigenvalue weighted by atomic mass is 16.6. The average Bonchev–Trinajstić information content (AvgIpc) is 2.27. The van der Waals surface area contributed by atoms with E-state index in [1.54, 1.807) is 24.3 Å². The fourth-order valence-corrected chi connectivity index (χ4v) is 1.10. The summed E-state index contributed by atoms with van der Waals surface area (Å²) in [6.45, 7) is 0.210. The molecule has 0 bridgehead atoms. The summed E-state index contributed by atoms with van der Waals surface area (Å²) in [5, 5.41) is 10.6. The zero-order valence-electron chi connectivity index (χ0n) is 8.69. The predicted molar refractivity (Wildman–Crippen MR) is 55.8 cm³/mol. The molecule has 1 aromatic rings. The van der Waals surface area contributed by atoms with E-state index in [0.717, 1.165) is 5.56 Å². The molecular weight excluding hydrogens is 212 g/mol. The Bertz CT molecular complexity index is 375. The SMILES string of the molecule is CONC(=O)c1ccc(CNC(=O)O)cc1. The molecule has 0 saturated carbocycles. The first kappa shape index (κ1) is 12.0. The quantitative estimate of drug-likeness (QED) is 0.658. The first-order valence-corrected chi connectivity index (χ1v) is 4.52. The molecule has 0 atom stereocenters. The van der Waals surface area contributed by atoms with Gasteiger partial charge in [0.25, 0.3) is 5.91 Å². The summed E-state index contributed by atoms with van der Waals surface area (Å²) < 4.78 is 0. The fraction of sp³-hybridized carbons (Fsp3) is 0.200. The van der Waals surface area contributed by atoms with Crippen LogP contribution in [-0.2, 0) is 11.4 Å². The Hall–Kier alpha value is -2.08. The zero-order chi connectivity index (χ0) is 12.0. The molecule has 1 aromatic carbocycles. The molecule has 6 nitrogen and oxygen atoms in total. The lowest BCUT2D eigenvalue weighted by Gasteiger charge is -2.04. The molecule has 0 aliphatic rings. The van der Waals surface area contributed by atoms with Crippen LogP contribution in [0.4, 0.5) is 4.79 Å². The second-order valence-corrected chi connectivity index (χ2v) is 2.99. The van der Waals surface area contributed by atoms with Crippen LogP contribution in [0.1, 0.15) is 15.9 Å². The van der Waals surface area contributed by atoms with Crippen molar-refractivity contribution < 1.29 is 19.5 Å². The van der Waals surface area contributed by atoms with Gasteiger partial charge in [-0.1, -0.05) is 12.1 Å². The summed E-state index contributed by atoms with van der Waals surface area (Å²) in [7, 11) is 1.35. The van der Waals surface area contributed by atoms with Gasteiger partial charge in [-0.25, -0.2) is 10.3 Å². The van der Waals surface area contributed by atoms with Crippen molar-refractivity contribution in [3.63, 3.8) is 0 Å². The maximum atomic E-state index is 11.3. The molecule has 0 unspecified atom stereocenters. The monoisotopic (exact) mass is 224 g/mol. The third kappa shape index (κ3) is 3.58. The molecule has 0 fully saturated rings. The first-order valence-electron chi connectivity index (χ1n) is 4.52. The molecule has 0 spiro atoms. The molecule has 0 aliphatic heterocycles. The standard InChI is InChI=1S/C10H12N2O4/c1-16-12-9(13)8-4-2-7(3-5-8)6-11-10(14)15/h2-5,11H,6H2,1H3,(H,12,13)(H,14,15). The Kier molecular flexibility index (Phi) is 4.28. The Morgan fingerprint density at radius 2 is 1.94 bits per heavy atom. The first-order chi connectivity index (χ1) is 7.63. The van der Waals surface area contributed by atoms with E-state index in [2.05, 4.69) is 15.6 Å². The van der Waals surface area contributed by atoms with Crippen LogP contribution < -0.4 is 10.8 Å². The van der Waals surface area contributed by atoms with Gasteiger partial charge in [-0.15, -0.1) is 0 Å². The summed E-state index contributed by atoms with van der Waals surface area (Å²) in [6, 6.07) is 6.52. The Morgan fingerprint density at radius 3 is 2.44 bits per heavy atom. The smallest absolute Gasteiger partial charge is 0.404 e. The molecule has 16 heavy (non-hydrogen) atoms. The molecule has 86 valence electrons. The Labute approximate surface area is 92.2 Å². The number of amides is 2. The van der Waals surface area contributed by atoms with Crippen LogP contribution in [0, 0.1) is 0 Å². The van der Waals surface area contributed by atoms with Crippen molar-refractivity contribution in [3.05, 3.63) is 35.4 Å².